The van der Waals surface area contributed by atoms with Crippen molar-refractivity contribution in [3.8, 4) is 11.1 Å². The molecule has 1 aliphatic rings. The van der Waals surface area contributed by atoms with Gasteiger partial charge in [-0.3, -0.25) is 4.79 Å². The first-order valence-corrected chi connectivity index (χ1v) is 9.85. The molecule has 132 valence electrons. The highest BCUT2D eigenvalue weighted by molar-refractivity contribution is 7.10. The van der Waals surface area contributed by atoms with Crippen LogP contribution in [0.15, 0.2) is 66.0 Å². The number of amides is 1. The fraction of sp³-hybridized carbons (Fsp3) is 0.227. The quantitative estimate of drug-likeness (QED) is 0.723. The minimum absolute atomic E-state index is 0.161. The first kappa shape index (κ1) is 16.9. The smallest absolute Gasteiger partial charge is 0.245 e. The van der Waals surface area contributed by atoms with Crippen LogP contribution in [-0.4, -0.2) is 23.4 Å². The van der Waals surface area contributed by atoms with E-state index in [1.807, 2.05) is 42.2 Å². The van der Waals surface area contributed by atoms with E-state index >= 15 is 0 Å². The van der Waals surface area contributed by atoms with Crippen molar-refractivity contribution < 1.29 is 4.79 Å². The lowest BCUT2D eigenvalue weighted by molar-refractivity contribution is -0.132. The highest BCUT2D eigenvalue weighted by Crippen LogP contribution is 2.25. The molecule has 4 heteroatoms. The second kappa shape index (κ2) is 7.34. The van der Waals surface area contributed by atoms with E-state index in [-0.39, 0.29) is 11.9 Å². The van der Waals surface area contributed by atoms with Crippen LogP contribution in [0.5, 0.6) is 0 Å². The zero-order chi connectivity index (χ0) is 17.9. The van der Waals surface area contributed by atoms with E-state index in [1.165, 1.54) is 21.6 Å². The molecule has 2 aromatic carbocycles. The van der Waals surface area contributed by atoms with Gasteiger partial charge in [-0.15, -0.1) is 11.3 Å². The third-order valence-electron chi connectivity index (χ3n) is 4.86. The van der Waals surface area contributed by atoms with Crippen LogP contribution in [-0.2, 0) is 17.8 Å². The van der Waals surface area contributed by atoms with Crippen LogP contribution >= 0.6 is 11.3 Å². The van der Waals surface area contributed by atoms with Gasteiger partial charge in [-0.2, -0.15) is 0 Å². The fourth-order valence-electron chi connectivity index (χ4n) is 3.41. The maximum Gasteiger partial charge on any atom is 0.245 e. The maximum atomic E-state index is 12.8. The third kappa shape index (κ3) is 3.51. The Balaban J connectivity index is 1.40. The second-order valence-corrected chi connectivity index (χ2v) is 7.69. The van der Waals surface area contributed by atoms with E-state index in [0.717, 1.165) is 25.2 Å². The topological polar surface area (TPSA) is 32.3 Å². The summed E-state index contributed by atoms with van der Waals surface area (Å²) in [5.74, 6) is 0.161. The molecule has 1 atom stereocenters. The first-order chi connectivity index (χ1) is 12.7. The lowest BCUT2D eigenvalue weighted by atomic mass is 10.1. The summed E-state index contributed by atoms with van der Waals surface area (Å²) >= 11 is 1.80. The monoisotopic (exact) mass is 362 g/mol. The Morgan fingerprint density at radius 2 is 1.77 bits per heavy atom. The molecule has 4 rings (SSSR count). The molecule has 0 saturated carbocycles. The van der Waals surface area contributed by atoms with Gasteiger partial charge >= 0.3 is 0 Å². The highest BCUT2D eigenvalue weighted by atomic mass is 32.1. The predicted molar refractivity (Wildman–Crippen MR) is 108 cm³/mol. The lowest BCUT2D eigenvalue weighted by Crippen LogP contribution is -2.43. The number of benzene rings is 2. The van der Waals surface area contributed by atoms with Gasteiger partial charge in [-0.1, -0.05) is 42.5 Å². The van der Waals surface area contributed by atoms with Gasteiger partial charge in [0.15, 0.2) is 0 Å². The molecule has 1 amide bonds. The Bertz CT molecular complexity index is 886. The van der Waals surface area contributed by atoms with E-state index < -0.39 is 0 Å². The molecule has 1 aromatic heterocycles. The zero-order valence-corrected chi connectivity index (χ0v) is 15.6. The van der Waals surface area contributed by atoms with Crippen molar-refractivity contribution in [2.24, 2.45) is 0 Å². The number of rotatable bonds is 4. The van der Waals surface area contributed by atoms with Gasteiger partial charge in [0.1, 0.15) is 6.04 Å². The Morgan fingerprint density at radius 3 is 2.54 bits per heavy atom. The van der Waals surface area contributed by atoms with Crippen LogP contribution in [0.4, 0.5) is 5.69 Å². The maximum absolute atomic E-state index is 12.8. The zero-order valence-electron chi connectivity index (χ0n) is 14.8. The average molecular weight is 362 g/mol. The molecule has 3 nitrogen and oxygen atoms in total. The van der Waals surface area contributed by atoms with Gasteiger partial charge in [0, 0.05) is 23.7 Å². The Hall–Kier alpha value is -2.59. The van der Waals surface area contributed by atoms with Crippen LogP contribution in [0.1, 0.15) is 17.4 Å². The first-order valence-electron chi connectivity index (χ1n) is 8.97. The van der Waals surface area contributed by atoms with Crippen molar-refractivity contribution in [1.82, 2.24) is 4.90 Å². The van der Waals surface area contributed by atoms with E-state index in [1.54, 1.807) is 11.3 Å². The Labute approximate surface area is 158 Å². The van der Waals surface area contributed by atoms with Crippen molar-refractivity contribution in [2.75, 3.05) is 11.9 Å². The average Bonchev–Trinajstić information content (AvgIpc) is 3.16. The summed E-state index contributed by atoms with van der Waals surface area (Å²) < 4.78 is 0. The number of carbonyl (C=O) groups excluding carboxylic acids is 1. The van der Waals surface area contributed by atoms with Crippen molar-refractivity contribution in [2.45, 2.75) is 25.9 Å². The van der Waals surface area contributed by atoms with Gasteiger partial charge in [0.05, 0.1) is 0 Å². The molecular formula is C22H22N2OS. The summed E-state index contributed by atoms with van der Waals surface area (Å²) in [4.78, 5) is 16.2. The normalized spacial score (nSPS) is 14.6. The molecule has 0 saturated heterocycles. The molecule has 0 bridgehead atoms. The Kier molecular flexibility index (Phi) is 4.76. The van der Waals surface area contributed by atoms with Crippen LogP contribution in [0.3, 0.4) is 0 Å². The van der Waals surface area contributed by atoms with Crippen molar-refractivity contribution in [3.05, 3.63) is 76.5 Å². The molecular weight excluding hydrogens is 340 g/mol. The number of nitrogens with zero attached hydrogens (tertiary/aromatic N) is 1. The van der Waals surface area contributed by atoms with Crippen LogP contribution < -0.4 is 5.32 Å². The molecule has 0 aliphatic carbocycles. The van der Waals surface area contributed by atoms with Crippen molar-refractivity contribution in [1.29, 1.82) is 0 Å². The summed E-state index contributed by atoms with van der Waals surface area (Å²) in [6, 6.07) is 20.5. The molecule has 0 fully saturated rings. The number of carbonyl (C=O) groups is 1. The van der Waals surface area contributed by atoms with Gasteiger partial charge in [-0.25, -0.2) is 0 Å². The second-order valence-electron chi connectivity index (χ2n) is 6.69. The number of hydrogen-bond acceptors (Lipinski definition) is 3. The predicted octanol–water partition coefficient (Wildman–Crippen LogP) is 4.80. The molecule has 26 heavy (non-hydrogen) atoms. The number of hydrogen-bond donors (Lipinski definition) is 1. The summed E-state index contributed by atoms with van der Waals surface area (Å²) in [6.07, 6.45) is 0.969. The Morgan fingerprint density at radius 1 is 1.04 bits per heavy atom. The van der Waals surface area contributed by atoms with Crippen molar-refractivity contribution >= 4 is 22.9 Å². The van der Waals surface area contributed by atoms with Gasteiger partial charge in [0.2, 0.25) is 5.91 Å². The molecule has 1 aliphatic heterocycles. The minimum atomic E-state index is -0.238. The SMILES string of the molecule is CC(Nc1ccc(-c2ccccc2)cc1)C(=O)N1CCc2sccc2C1. The largest absolute Gasteiger partial charge is 0.374 e. The summed E-state index contributed by atoms with van der Waals surface area (Å²) in [7, 11) is 0. The van der Waals surface area contributed by atoms with E-state index in [2.05, 4.69) is 41.0 Å². The molecule has 3 aromatic rings. The summed E-state index contributed by atoms with van der Waals surface area (Å²) in [5, 5.41) is 5.47. The number of nitrogens with one attached hydrogen (secondary N) is 1. The van der Waals surface area contributed by atoms with Gasteiger partial charge in [-0.05, 0) is 53.6 Å². The highest BCUT2D eigenvalue weighted by Gasteiger charge is 2.25. The standard InChI is InChI=1S/C22H22N2OS/c1-16(22(25)24-13-11-21-19(15-24)12-14-26-21)23-20-9-7-18(8-10-20)17-5-3-2-4-6-17/h2-10,12,14,16,23H,11,13,15H2,1H3. The number of anilines is 1. The fourth-order valence-corrected chi connectivity index (χ4v) is 4.30. The summed E-state index contributed by atoms with van der Waals surface area (Å²) in [5.41, 5.74) is 4.65. The van der Waals surface area contributed by atoms with Gasteiger partial charge in [0.25, 0.3) is 0 Å². The molecule has 0 spiro atoms. The lowest BCUT2D eigenvalue weighted by Gasteiger charge is -2.30. The van der Waals surface area contributed by atoms with E-state index in [9.17, 15) is 4.79 Å². The third-order valence-corrected chi connectivity index (χ3v) is 5.89. The number of fused-ring (bicyclic) bond motifs is 1. The molecule has 1 N–H and O–H groups in total. The van der Waals surface area contributed by atoms with E-state index in [4.69, 9.17) is 0 Å². The summed E-state index contributed by atoms with van der Waals surface area (Å²) in [6.45, 7) is 3.48. The molecule has 1 unspecified atom stereocenters. The minimum Gasteiger partial charge on any atom is -0.374 e. The molecule has 0 radical (unpaired) electrons. The van der Waals surface area contributed by atoms with Crippen LogP contribution in [0.25, 0.3) is 11.1 Å². The van der Waals surface area contributed by atoms with Crippen LogP contribution in [0, 0.1) is 0 Å². The van der Waals surface area contributed by atoms with Crippen molar-refractivity contribution in [3.63, 3.8) is 0 Å². The number of thiophene rings is 1. The van der Waals surface area contributed by atoms with Gasteiger partial charge < -0.3 is 10.2 Å². The van der Waals surface area contributed by atoms with E-state index in [0.29, 0.717) is 0 Å². The van der Waals surface area contributed by atoms with Crippen LogP contribution in [0.2, 0.25) is 0 Å². The molecule has 2 heterocycles.